The van der Waals surface area contributed by atoms with Crippen molar-refractivity contribution in [2.45, 2.75) is 46.3 Å². The Morgan fingerprint density at radius 1 is 1.33 bits per heavy atom. The fraction of sp³-hybridized carbons (Fsp3) is 0.600. The fourth-order valence-electron chi connectivity index (χ4n) is 2.72. The molecule has 1 aliphatic rings. The van der Waals surface area contributed by atoms with Crippen molar-refractivity contribution >= 4 is 11.4 Å². The lowest BCUT2D eigenvalue weighted by atomic mass is 10.1. The molecule has 1 heterocycles. The van der Waals surface area contributed by atoms with E-state index in [0.29, 0.717) is 11.7 Å². The molecule has 2 N–H and O–H groups in total. The van der Waals surface area contributed by atoms with Gasteiger partial charge in [0.2, 0.25) is 0 Å². The number of ether oxygens (including phenoxy) is 1. The fourth-order valence-corrected chi connectivity index (χ4v) is 2.72. The van der Waals surface area contributed by atoms with E-state index in [0.717, 1.165) is 18.2 Å². The Balaban J connectivity index is 2.24. The largest absolute Gasteiger partial charge is 0.489 e. The molecule has 2 rings (SSSR count). The zero-order valence-corrected chi connectivity index (χ0v) is 11.8. The van der Waals surface area contributed by atoms with E-state index >= 15 is 0 Å². The summed E-state index contributed by atoms with van der Waals surface area (Å²) in [6.07, 6.45) is 1.41. The van der Waals surface area contributed by atoms with Gasteiger partial charge >= 0.3 is 0 Å². The quantitative estimate of drug-likeness (QED) is 0.834. The summed E-state index contributed by atoms with van der Waals surface area (Å²) >= 11 is 0. The van der Waals surface area contributed by atoms with Gasteiger partial charge in [-0.2, -0.15) is 0 Å². The monoisotopic (exact) mass is 248 g/mol. The van der Waals surface area contributed by atoms with Gasteiger partial charge in [-0.25, -0.2) is 0 Å². The van der Waals surface area contributed by atoms with Gasteiger partial charge in [-0.15, -0.1) is 0 Å². The number of nitrogen functional groups attached to an aromatic ring is 1. The van der Waals surface area contributed by atoms with E-state index in [-0.39, 0.29) is 6.10 Å². The van der Waals surface area contributed by atoms with Gasteiger partial charge < -0.3 is 15.4 Å². The molecular weight excluding hydrogens is 224 g/mol. The molecule has 0 aliphatic carbocycles. The van der Waals surface area contributed by atoms with E-state index in [9.17, 15) is 0 Å². The Morgan fingerprint density at radius 3 is 2.61 bits per heavy atom. The van der Waals surface area contributed by atoms with Crippen LogP contribution in [0.5, 0.6) is 5.75 Å². The normalized spacial score (nSPS) is 23.7. The van der Waals surface area contributed by atoms with Gasteiger partial charge in [-0.3, -0.25) is 0 Å². The molecule has 0 radical (unpaired) electrons. The van der Waals surface area contributed by atoms with Crippen LogP contribution in [0, 0.1) is 5.92 Å². The summed E-state index contributed by atoms with van der Waals surface area (Å²) in [6.45, 7) is 9.74. The number of hydrogen-bond acceptors (Lipinski definition) is 3. The van der Waals surface area contributed by atoms with Gasteiger partial charge in [0.05, 0.1) is 11.8 Å². The van der Waals surface area contributed by atoms with Crippen molar-refractivity contribution in [3.8, 4) is 5.75 Å². The molecule has 0 amide bonds. The SMILES string of the molecule is CC1CC(C)N(c2ccc(N)c(OC(C)C)c2)C1. The smallest absolute Gasteiger partial charge is 0.144 e. The number of anilines is 2. The first-order valence-electron chi connectivity index (χ1n) is 6.80. The van der Waals surface area contributed by atoms with Crippen LogP contribution in [0.15, 0.2) is 18.2 Å². The van der Waals surface area contributed by atoms with Gasteiger partial charge in [0.25, 0.3) is 0 Å². The van der Waals surface area contributed by atoms with Crippen LogP contribution >= 0.6 is 0 Å². The topological polar surface area (TPSA) is 38.5 Å². The molecule has 2 atom stereocenters. The van der Waals surface area contributed by atoms with Crippen LogP contribution in [-0.2, 0) is 0 Å². The maximum atomic E-state index is 5.95. The second-order valence-electron chi connectivity index (χ2n) is 5.73. The molecule has 18 heavy (non-hydrogen) atoms. The standard InChI is InChI=1S/C15H24N2O/c1-10(2)18-15-8-13(5-6-14(15)16)17-9-11(3)7-12(17)4/h5-6,8,10-12H,7,9,16H2,1-4H3. The van der Waals surface area contributed by atoms with E-state index in [1.807, 2.05) is 19.9 Å². The molecule has 100 valence electrons. The van der Waals surface area contributed by atoms with Crippen LogP contribution in [0.1, 0.15) is 34.1 Å². The lowest BCUT2D eigenvalue weighted by Gasteiger charge is -2.25. The summed E-state index contributed by atoms with van der Waals surface area (Å²) in [5.41, 5.74) is 7.89. The summed E-state index contributed by atoms with van der Waals surface area (Å²) in [5.74, 6) is 1.56. The second kappa shape index (κ2) is 5.09. The van der Waals surface area contributed by atoms with Crippen LogP contribution in [0.25, 0.3) is 0 Å². The minimum absolute atomic E-state index is 0.150. The predicted molar refractivity (Wildman–Crippen MR) is 77.2 cm³/mol. The van der Waals surface area contributed by atoms with E-state index in [1.54, 1.807) is 0 Å². The number of nitrogens with zero attached hydrogens (tertiary/aromatic N) is 1. The molecule has 0 saturated carbocycles. The lowest BCUT2D eigenvalue weighted by molar-refractivity contribution is 0.244. The van der Waals surface area contributed by atoms with Crippen molar-refractivity contribution in [3.63, 3.8) is 0 Å². The Morgan fingerprint density at radius 2 is 2.06 bits per heavy atom. The average molecular weight is 248 g/mol. The summed E-state index contributed by atoms with van der Waals surface area (Å²) in [5, 5.41) is 0. The molecule has 0 spiro atoms. The van der Waals surface area contributed by atoms with Crippen LogP contribution in [0.2, 0.25) is 0 Å². The van der Waals surface area contributed by atoms with Crippen molar-refractivity contribution < 1.29 is 4.74 Å². The third-order valence-corrected chi connectivity index (χ3v) is 3.48. The number of benzene rings is 1. The molecule has 0 bridgehead atoms. The first kappa shape index (κ1) is 13.1. The molecule has 1 fully saturated rings. The third-order valence-electron chi connectivity index (χ3n) is 3.48. The molecule has 3 nitrogen and oxygen atoms in total. The molecule has 1 aliphatic heterocycles. The Bertz CT molecular complexity index is 417. The van der Waals surface area contributed by atoms with Gasteiger partial charge in [0.1, 0.15) is 5.75 Å². The maximum Gasteiger partial charge on any atom is 0.144 e. The van der Waals surface area contributed by atoms with Crippen LogP contribution in [0.4, 0.5) is 11.4 Å². The first-order valence-corrected chi connectivity index (χ1v) is 6.80. The Hall–Kier alpha value is -1.38. The van der Waals surface area contributed by atoms with Crippen molar-refractivity contribution in [1.29, 1.82) is 0 Å². The van der Waals surface area contributed by atoms with Crippen molar-refractivity contribution in [2.24, 2.45) is 5.92 Å². The lowest BCUT2D eigenvalue weighted by Crippen LogP contribution is -2.26. The van der Waals surface area contributed by atoms with Crippen molar-refractivity contribution in [3.05, 3.63) is 18.2 Å². The van der Waals surface area contributed by atoms with E-state index in [1.165, 1.54) is 12.1 Å². The minimum Gasteiger partial charge on any atom is -0.489 e. The highest BCUT2D eigenvalue weighted by molar-refractivity contribution is 5.63. The molecule has 3 heteroatoms. The summed E-state index contributed by atoms with van der Waals surface area (Å²) in [4.78, 5) is 2.44. The maximum absolute atomic E-state index is 5.95. The molecule has 1 saturated heterocycles. The number of hydrogen-bond donors (Lipinski definition) is 1. The molecule has 0 aromatic heterocycles. The summed E-state index contributed by atoms with van der Waals surface area (Å²) in [7, 11) is 0. The van der Waals surface area contributed by atoms with E-state index in [2.05, 4.69) is 30.9 Å². The van der Waals surface area contributed by atoms with Crippen LogP contribution in [0.3, 0.4) is 0 Å². The Labute approximate surface area is 110 Å². The second-order valence-corrected chi connectivity index (χ2v) is 5.73. The van der Waals surface area contributed by atoms with E-state index < -0.39 is 0 Å². The summed E-state index contributed by atoms with van der Waals surface area (Å²) in [6, 6.07) is 6.71. The third kappa shape index (κ3) is 2.71. The Kier molecular flexibility index (Phi) is 3.69. The first-order chi connectivity index (χ1) is 8.47. The predicted octanol–water partition coefficient (Wildman–Crippen LogP) is 3.29. The molecular formula is C15H24N2O. The van der Waals surface area contributed by atoms with Gasteiger partial charge in [0, 0.05) is 24.3 Å². The molecule has 1 aromatic carbocycles. The van der Waals surface area contributed by atoms with Crippen molar-refractivity contribution in [1.82, 2.24) is 0 Å². The zero-order valence-electron chi connectivity index (χ0n) is 11.8. The zero-order chi connectivity index (χ0) is 13.3. The van der Waals surface area contributed by atoms with Crippen LogP contribution in [-0.4, -0.2) is 18.7 Å². The minimum atomic E-state index is 0.150. The highest BCUT2D eigenvalue weighted by atomic mass is 16.5. The highest BCUT2D eigenvalue weighted by Crippen LogP contribution is 2.33. The van der Waals surface area contributed by atoms with E-state index in [4.69, 9.17) is 10.5 Å². The number of rotatable bonds is 3. The highest BCUT2D eigenvalue weighted by Gasteiger charge is 2.26. The molecule has 1 aromatic rings. The van der Waals surface area contributed by atoms with Crippen molar-refractivity contribution in [2.75, 3.05) is 17.2 Å². The number of nitrogens with two attached hydrogens (primary N) is 1. The van der Waals surface area contributed by atoms with Gasteiger partial charge in [0.15, 0.2) is 0 Å². The van der Waals surface area contributed by atoms with Gasteiger partial charge in [-0.1, -0.05) is 6.92 Å². The van der Waals surface area contributed by atoms with Gasteiger partial charge in [-0.05, 0) is 45.2 Å². The average Bonchev–Trinajstić information content (AvgIpc) is 2.60. The molecule has 2 unspecified atom stereocenters. The van der Waals surface area contributed by atoms with Crippen LogP contribution < -0.4 is 15.4 Å². The summed E-state index contributed by atoms with van der Waals surface area (Å²) < 4.78 is 5.76.